The Morgan fingerprint density at radius 2 is 1.40 bits per heavy atom. The zero-order valence-electron chi connectivity index (χ0n) is 17.7. The lowest BCUT2D eigenvalue weighted by molar-refractivity contribution is -0.125. The fourth-order valence-electron chi connectivity index (χ4n) is 3.42. The largest absolute Gasteiger partial charge is 0.370 e. The minimum absolute atomic E-state index is 0.0424. The number of guanidine groups is 1. The maximum atomic E-state index is 12.9. The number of nitrogens with zero attached hydrogens (tertiary/aromatic N) is 1. The zero-order valence-corrected chi connectivity index (χ0v) is 17.7. The number of nitrogens with one attached hydrogen (secondary N) is 1. The number of aryl methyl sites for hydroxylation is 2. The fraction of sp³-hybridized carbons (Fsp3) is 0.417. The van der Waals surface area contributed by atoms with Gasteiger partial charge in [0.1, 0.15) is 0 Å². The van der Waals surface area contributed by atoms with E-state index in [4.69, 9.17) is 17.2 Å². The Morgan fingerprint density at radius 1 is 0.867 bits per heavy atom. The van der Waals surface area contributed by atoms with Crippen molar-refractivity contribution in [3.63, 3.8) is 0 Å². The minimum Gasteiger partial charge on any atom is -0.370 e. The Labute approximate surface area is 179 Å². The summed E-state index contributed by atoms with van der Waals surface area (Å²) < 4.78 is 0. The summed E-state index contributed by atoms with van der Waals surface area (Å²) in [5.41, 5.74) is 19.3. The van der Waals surface area contributed by atoms with Crippen LogP contribution in [-0.2, 0) is 17.6 Å². The van der Waals surface area contributed by atoms with Crippen molar-refractivity contribution in [2.45, 2.75) is 44.6 Å². The number of aliphatic imine (C=N–C) groups is 1. The number of amides is 1. The molecule has 2 aromatic carbocycles. The first-order valence-corrected chi connectivity index (χ1v) is 10.7. The number of hydrogen-bond acceptors (Lipinski definition) is 3. The van der Waals surface area contributed by atoms with E-state index in [1.165, 1.54) is 11.1 Å². The minimum atomic E-state index is -0.105. The van der Waals surface area contributed by atoms with Crippen LogP contribution in [0, 0.1) is 5.92 Å². The molecule has 0 bridgehead atoms. The van der Waals surface area contributed by atoms with Crippen LogP contribution in [0.3, 0.4) is 0 Å². The molecule has 2 aromatic rings. The van der Waals surface area contributed by atoms with Crippen molar-refractivity contribution >= 4 is 11.9 Å². The average Bonchev–Trinajstić information content (AvgIpc) is 2.76. The molecule has 0 spiro atoms. The van der Waals surface area contributed by atoms with Gasteiger partial charge in [-0.05, 0) is 49.7 Å². The molecule has 0 radical (unpaired) electrons. The number of carbonyl (C=O) groups excluding carboxylic acids is 1. The molecule has 0 fully saturated rings. The lowest BCUT2D eigenvalue weighted by atomic mass is 9.92. The zero-order chi connectivity index (χ0) is 21.6. The number of hydrogen-bond donors (Lipinski definition) is 4. The molecule has 7 N–H and O–H groups in total. The normalized spacial score (nSPS) is 11.8. The van der Waals surface area contributed by atoms with E-state index in [-0.39, 0.29) is 23.8 Å². The molecule has 162 valence electrons. The van der Waals surface area contributed by atoms with Gasteiger partial charge in [0.25, 0.3) is 0 Å². The Kier molecular flexibility index (Phi) is 10.4. The molecule has 0 saturated carbocycles. The third kappa shape index (κ3) is 9.56. The highest BCUT2D eigenvalue weighted by Gasteiger charge is 2.19. The van der Waals surface area contributed by atoms with Gasteiger partial charge in [0.2, 0.25) is 5.91 Å². The van der Waals surface area contributed by atoms with Crippen LogP contribution >= 0.6 is 0 Å². The molecule has 1 atom stereocenters. The van der Waals surface area contributed by atoms with Crippen molar-refractivity contribution in [2.24, 2.45) is 28.1 Å². The summed E-state index contributed by atoms with van der Waals surface area (Å²) in [5, 5.41) is 3.06. The summed E-state index contributed by atoms with van der Waals surface area (Å²) in [6, 6.07) is 20.5. The number of carbonyl (C=O) groups is 1. The number of benzene rings is 2. The molecule has 0 aliphatic heterocycles. The van der Waals surface area contributed by atoms with Gasteiger partial charge >= 0.3 is 0 Å². The first-order valence-electron chi connectivity index (χ1n) is 10.7. The van der Waals surface area contributed by atoms with Gasteiger partial charge < -0.3 is 22.5 Å². The van der Waals surface area contributed by atoms with Gasteiger partial charge in [0, 0.05) is 25.0 Å². The van der Waals surface area contributed by atoms with E-state index < -0.39 is 0 Å². The van der Waals surface area contributed by atoms with E-state index in [9.17, 15) is 4.79 Å². The Bertz CT molecular complexity index is 716. The monoisotopic (exact) mass is 409 g/mol. The molecule has 2 rings (SSSR count). The third-order valence-corrected chi connectivity index (χ3v) is 5.19. The lowest BCUT2D eigenvalue weighted by Crippen LogP contribution is -2.40. The van der Waals surface area contributed by atoms with E-state index >= 15 is 0 Å². The Balaban J connectivity index is 1.84. The van der Waals surface area contributed by atoms with E-state index in [1.54, 1.807) is 0 Å². The third-order valence-electron chi connectivity index (χ3n) is 5.19. The highest BCUT2D eigenvalue weighted by atomic mass is 16.1. The molecule has 0 unspecified atom stereocenters. The molecule has 0 heterocycles. The molecule has 1 amide bonds. The van der Waals surface area contributed by atoms with Crippen LogP contribution in [0.2, 0.25) is 0 Å². The van der Waals surface area contributed by atoms with Gasteiger partial charge in [-0.15, -0.1) is 0 Å². The van der Waals surface area contributed by atoms with Crippen molar-refractivity contribution in [1.82, 2.24) is 5.32 Å². The summed E-state index contributed by atoms with van der Waals surface area (Å²) >= 11 is 0. The van der Waals surface area contributed by atoms with Gasteiger partial charge in [-0.1, -0.05) is 60.7 Å². The van der Waals surface area contributed by atoms with Gasteiger partial charge in [-0.3, -0.25) is 9.79 Å². The highest BCUT2D eigenvalue weighted by Crippen LogP contribution is 2.17. The van der Waals surface area contributed by atoms with E-state index in [1.807, 2.05) is 36.4 Å². The van der Waals surface area contributed by atoms with Crippen molar-refractivity contribution in [1.29, 1.82) is 0 Å². The Hall–Kier alpha value is -2.86. The van der Waals surface area contributed by atoms with Gasteiger partial charge in [-0.25, -0.2) is 0 Å². The number of rotatable bonds is 13. The Morgan fingerprint density at radius 3 is 1.90 bits per heavy atom. The van der Waals surface area contributed by atoms with Gasteiger partial charge in [0.05, 0.1) is 0 Å². The van der Waals surface area contributed by atoms with Crippen LogP contribution in [-0.4, -0.2) is 31.0 Å². The van der Waals surface area contributed by atoms with Crippen molar-refractivity contribution in [3.05, 3.63) is 71.8 Å². The highest BCUT2D eigenvalue weighted by molar-refractivity contribution is 5.78. The second kappa shape index (κ2) is 13.4. The van der Waals surface area contributed by atoms with Crippen LogP contribution in [0.1, 0.15) is 36.8 Å². The maximum Gasteiger partial charge on any atom is 0.223 e. The fourth-order valence-corrected chi connectivity index (χ4v) is 3.42. The van der Waals surface area contributed by atoms with E-state index in [2.05, 4.69) is 34.6 Å². The van der Waals surface area contributed by atoms with Crippen molar-refractivity contribution in [2.75, 3.05) is 13.1 Å². The molecule has 6 heteroatoms. The molecule has 6 nitrogen and oxygen atoms in total. The molecular formula is C24H35N5O. The van der Waals surface area contributed by atoms with Crippen molar-refractivity contribution < 1.29 is 4.79 Å². The summed E-state index contributed by atoms with van der Waals surface area (Å²) in [6.45, 7) is 1.02. The van der Waals surface area contributed by atoms with Crippen molar-refractivity contribution in [3.8, 4) is 0 Å². The first-order chi connectivity index (χ1) is 14.5. The summed E-state index contributed by atoms with van der Waals surface area (Å²) in [4.78, 5) is 16.8. The summed E-state index contributed by atoms with van der Waals surface area (Å²) in [7, 11) is 0. The number of nitrogens with two attached hydrogens (primary N) is 3. The second-order valence-corrected chi connectivity index (χ2v) is 7.70. The van der Waals surface area contributed by atoms with Crippen LogP contribution < -0.4 is 22.5 Å². The van der Waals surface area contributed by atoms with Crippen LogP contribution in [0.15, 0.2) is 65.7 Å². The van der Waals surface area contributed by atoms with Crippen LogP contribution in [0.25, 0.3) is 0 Å². The molecular weight excluding hydrogens is 374 g/mol. The summed E-state index contributed by atoms with van der Waals surface area (Å²) in [6.07, 6.45) is 4.97. The van der Waals surface area contributed by atoms with Crippen LogP contribution in [0.5, 0.6) is 0 Å². The van der Waals surface area contributed by atoms with Gasteiger partial charge in [0.15, 0.2) is 5.96 Å². The molecule has 30 heavy (non-hydrogen) atoms. The van der Waals surface area contributed by atoms with E-state index in [0.29, 0.717) is 13.1 Å². The standard InChI is InChI=1S/C24H35N5O/c25-22(12-7-17-28-24(26)27)18-29-23(30)21(15-13-19-8-3-1-4-9-19)16-14-20-10-5-2-6-11-20/h1-6,8-11,21-22H,7,12-18,25H2,(H,29,30)(H4,26,27,28)/t22-/m0/s1. The first kappa shape index (κ1) is 23.4. The smallest absolute Gasteiger partial charge is 0.223 e. The molecule has 0 aliphatic rings. The second-order valence-electron chi connectivity index (χ2n) is 7.70. The quantitative estimate of drug-likeness (QED) is 0.231. The predicted octanol–water partition coefficient (Wildman–Crippen LogP) is 2.37. The topological polar surface area (TPSA) is 120 Å². The SMILES string of the molecule is NC(N)=NCCC[C@H](N)CNC(=O)C(CCc1ccccc1)CCc1ccccc1. The van der Waals surface area contributed by atoms with E-state index in [0.717, 1.165) is 38.5 Å². The average molecular weight is 410 g/mol. The predicted molar refractivity (Wildman–Crippen MR) is 124 cm³/mol. The molecule has 0 aromatic heterocycles. The van der Waals surface area contributed by atoms with Gasteiger partial charge in [-0.2, -0.15) is 0 Å². The maximum absolute atomic E-state index is 12.9. The summed E-state index contributed by atoms with van der Waals surface area (Å²) in [5.74, 6) is 0.136. The molecule has 0 saturated heterocycles. The lowest BCUT2D eigenvalue weighted by Gasteiger charge is -2.19. The molecule has 0 aliphatic carbocycles. The van der Waals surface area contributed by atoms with Crippen LogP contribution in [0.4, 0.5) is 0 Å².